The number of nitrogens with one attached hydrogen (secondary N) is 1. The van der Waals surface area contributed by atoms with Crippen LogP contribution < -0.4 is 10.2 Å². The van der Waals surface area contributed by atoms with Gasteiger partial charge in [0.1, 0.15) is 12.4 Å². The van der Waals surface area contributed by atoms with Crippen molar-refractivity contribution in [3.63, 3.8) is 0 Å². The predicted molar refractivity (Wildman–Crippen MR) is 164 cm³/mol. The van der Waals surface area contributed by atoms with Crippen molar-refractivity contribution in [2.24, 2.45) is 0 Å². The van der Waals surface area contributed by atoms with Crippen molar-refractivity contribution in [2.75, 3.05) is 31.8 Å². The van der Waals surface area contributed by atoms with Crippen molar-refractivity contribution in [2.45, 2.75) is 45.4 Å². The summed E-state index contributed by atoms with van der Waals surface area (Å²) >= 11 is 0. The molecule has 0 radical (unpaired) electrons. The topological polar surface area (TPSA) is 48.3 Å². The number of hydrogen-bond acceptors (Lipinski definition) is 4. The highest BCUT2D eigenvalue weighted by atomic mass is 16.5. The zero-order chi connectivity index (χ0) is 26.9. The number of nitrogens with zero attached hydrogens (tertiary/aromatic N) is 2. The van der Waals surface area contributed by atoms with E-state index in [-0.39, 0.29) is 0 Å². The summed E-state index contributed by atoms with van der Waals surface area (Å²) in [6.45, 7) is 8.41. The maximum absolute atomic E-state index is 5.87. The van der Waals surface area contributed by atoms with E-state index >= 15 is 0 Å². The average molecular weight is 522 g/mol. The van der Waals surface area contributed by atoms with Gasteiger partial charge in [-0.25, -0.2) is 9.66 Å². The van der Waals surface area contributed by atoms with Gasteiger partial charge in [-0.3, -0.25) is 0 Å². The molecule has 4 aromatic carbocycles. The zero-order valence-corrected chi connectivity index (χ0v) is 23.0. The standard InChI is InChI=1S/C34H39N3O2/c1-3-5-6-7-8-13-22-35-37-33-31-17-12-10-15-29(31)28-14-9-11-16-30(28)32(33)36-34(37)26-18-20-27(21-19-26)39-25-24-38-23-4-2/h4,9-12,14-21,35H,2-3,5-8,13,22-25H2,1H3. The summed E-state index contributed by atoms with van der Waals surface area (Å²) in [4.78, 5) is 5.26. The van der Waals surface area contributed by atoms with E-state index in [1.54, 1.807) is 6.08 Å². The third kappa shape index (κ3) is 6.10. The molecule has 0 bridgehead atoms. The fourth-order valence-electron chi connectivity index (χ4n) is 5.23. The predicted octanol–water partition coefficient (Wildman–Crippen LogP) is 8.50. The van der Waals surface area contributed by atoms with Crippen molar-refractivity contribution >= 4 is 32.6 Å². The Kier molecular flexibility index (Phi) is 9.13. The summed E-state index contributed by atoms with van der Waals surface area (Å²) in [6, 6.07) is 25.5. The lowest BCUT2D eigenvalue weighted by atomic mass is 10.00. The molecule has 0 atom stereocenters. The SMILES string of the molecule is C=CCOCCOc1ccc(-c2nc3c4ccccc4c4ccccc4c3n2NCCCCCCCC)cc1. The van der Waals surface area contributed by atoms with Crippen LogP contribution in [0.3, 0.4) is 0 Å². The van der Waals surface area contributed by atoms with E-state index in [1.807, 2.05) is 12.1 Å². The van der Waals surface area contributed by atoms with E-state index in [4.69, 9.17) is 14.5 Å². The van der Waals surface area contributed by atoms with Gasteiger partial charge in [-0.1, -0.05) is 93.6 Å². The monoisotopic (exact) mass is 521 g/mol. The van der Waals surface area contributed by atoms with Crippen molar-refractivity contribution in [1.82, 2.24) is 9.66 Å². The van der Waals surface area contributed by atoms with E-state index in [0.29, 0.717) is 19.8 Å². The first-order valence-corrected chi connectivity index (χ1v) is 14.3. The second-order valence-electron chi connectivity index (χ2n) is 9.97. The van der Waals surface area contributed by atoms with Crippen LogP contribution in [0.1, 0.15) is 45.4 Å². The Hall–Kier alpha value is -3.83. The van der Waals surface area contributed by atoms with Gasteiger partial charge in [0.25, 0.3) is 0 Å². The van der Waals surface area contributed by atoms with E-state index in [0.717, 1.165) is 41.1 Å². The van der Waals surface area contributed by atoms with Crippen LogP contribution in [-0.2, 0) is 4.74 Å². The molecule has 0 amide bonds. The van der Waals surface area contributed by atoms with Gasteiger partial charge in [-0.05, 0) is 41.5 Å². The third-order valence-electron chi connectivity index (χ3n) is 7.18. The van der Waals surface area contributed by atoms with Gasteiger partial charge in [0, 0.05) is 22.9 Å². The fraction of sp³-hybridized carbons (Fsp3) is 0.324. The van der Waals surface area contributed by atoms with Crippen LogP contribution >= 0.6 is 0 Å². The van der Waals surface area contributed by atoms with Gasteiger partial charge >= 0.3 is 0 Å². The largest absolute Gasteiger partial charge is 0.491 e. The van der Waals surface area contributed by atoms with Gasteiger partial charge in [0.05, 0.1) is 24.2 Å². The number of aromatic nitrogens is 2. The number of fused-ring (bicyclic) bond motifs is 6. The highest BCUT2D eigenvalue weighted by Gasteiger charge is 2.19. The normalized spacial score (nSPS) is 11.4. The van der Waals surface area contributed by atoms with Gasteiger partial charge < -0.3 is 14.9 Å². The first kappa shape index (κ1) is 26.8. The number of rotatable bonds is 15. The second-order valence-corrected chi connectivity index (χ2v) is 9.97. The second kappa shape index (κ2) is 13.3. The summed E-state index contributed by atoms with van der Waals surface area (Å²) in [5.74, 6) is 1.73. The van der Waals surface area contributed by atoms with Gasteiger partial charge in [-0.15, -0.1) is 6.58 Å². The molecular weight excluding hydrogens is 482 g/mol. The molecule has 1 aromatic heterocycles. The number of hydrogen-bond donors (Lipinski definition) is 1. The lowest BCUT2D eigenvalue weighted by Gasteiger charge is -2.15. The molecule has 5 rings (SSSR count). The number of imidazole rings is 1. The molecule has 5 heteroatoms. The Morgan fingerprint density at radius 3 is 2.21 bits per heavy atom. The van der Waals surface area contributed by atoms with Gasteiger partial charge in [0.15, 0.2) is 5.82 Å². The average Bonchev–Trinajstić information content (AvgIpc) is 3.37. The van der Waals surface area contributed by atoms with Crippen LogP contribution in [-0.4, -0.2) is 36.0 Å². The Balaban J connectivity index is 1.50. The summed E-state index contributed by atoms with van der Waals surface area (Å²) in [7, 11) is 0. The molecule has 0 aliphatic rings. The smallest absolute Gasteiger partial charge is 0.159 e. The van der Waals surface area contributed by atoms with Crippen molar-refractivity contribution < 1.29 is 9.47 Å². The Bertz CT molecular complexity index is 1520. The van der Waals surface area contributed by atoms with Crippen LogP contribution in [0.4, 0.5) is 0 Å². The third-order valence-corrected chi connectivity index (χ3v) is 7.18. The van der Waals surface area contributed by atoms with Gasteiger partial charge in [-0.2, -0.15) is 0 Å². The van der Waals surface area contributed by atoms with Crippen LogP contribution in [0.15, 0.2) is 85.5 Å². The first-order valence-electron chi connectivity index (χ1n) is 14.3. The molecule has 1 N–H and O–H groups in total. The molecule has 0 unspecified atom stereocenters. The fourth-order valence-corrected chi connectivity index (χ4v) is 5.23. The molecule has 5 aromatic rings. The molecule has 202 valence electrons. The van der Waals surface area contributed by atoms with Crippen LogP contribution in [0.5, 0.6) is 5.75 Å². The van der Waals surface area contributed by atoms with E-state index in [2.05, 4.69) is 84.3 Å². The minimum Gasteiger partial charge on any atom is -0.491 e. The quantitative estimate of drug-likeness (QED) is 0.0852. The van der Waals surface area contributed by atoms with E-state index < -0.39 is 0 Å². The number of ether oxygens (including phenoxy) is 2. The summed E-state index contributed by atoms with van der Waals surface area (Å²) in [5, 5.41) is 4.86. The van der Waals surface area contributed by atoms with E-state index in [1.165, 1.54) is 53.6 Å². The van der Waals surface area contributed by atoms with E-state index in [9.17, 15) is 0 Å². The van der Waals surface area contributed by atoms with Gasteiger partial charge in [0.2, 0.25) is 0 Å². The summed E-state index contributed by atoms with van der Waals surface area (Å²) in [6.07, 6.45) is 9.33. The van der Waals surface area contributed by atoms with Crippen molar-refractivity contribution in [3.8, 4) is 17.1 Å². The summed E-state index contributed by atoms with van der Waals surface area (Å²) in [5.41, 5.74) is 6.95. The highest BCUT2D eigenvalue weighted by molar-refractivity contribution is 6.23. The Morgan fingerprint density at radius 1 is 0.795 bits per heavy atom. The van der Waals surface area contributed by atoms with Crippen LogP contribution in [0.25, 0.3) is 44.0 Å². The molecule has 0 spiro atoms. The number of benzene rings is 4. The molecule has 39 heavy (non-hydrogen) atoms. The molecule has 0 aliphatic heterocycles. The Labute approximate surface area is 231 Å². The zero-order valence-electron chi connectivity index (χ0n) is 23.0. The molecule has 0 saturated carbocycles. The van der Waals surface area contributed by atoms with Crippen LogP contribution in [0.2, 0.25) is 0 Å². The van der Waals surface area contributed by atoms with Crippen molar-refractivity contribution in [1.29, 1.82) is 0 Å². The number of unbranched alkanes of at least 4 members (excludes halogenated alkanes) is 5. The maximum atomic E-state index is 5.87. The molecule has 0 saturated heterocycles. The summed E-state index contributed by atoms with van der Waals surface area (Å²) < 4.78 is 13.5. The van der Waals surface area contributed by atoms with Crippen LogP contribution in [0, 0.1) is 0 Å². The minimum atomic E-state index is 0.503. The first-order chi connectivity index (χ1) is 19.3. The Morgan fingerprint density at radius 2 is 1.46 bits per heavy atom. The minimum absolute atomic E-state index is 0.503. The molecule has 1 heterocycles. The maximum Gasteiger partial charge on any atom is 0.159 e. The lowest BCUT2D eigenvalue weighted by Crippen LogP contribution is -2.17. The van der Waals surface area contributed by atoms with Crippen molar-refractivity contribution in [3.05, 3.63) is 85.5 Å². The molecule has 5 nitrogen and oxygen atoms in total. The highest BCUT2D eigenvalue weighted by Crippen LogP contribution is 2.37. The molecule has 0 aliphatic carbocycles. The lowest BCUT2D eigenvalue weighted by molar-refractivity contribution is 0.121. The molecular formula is C34H39N3O2. The molecule has 0 fully saturated rings.